The number of fused-ring (bicyclic) bond motifs is 1. The molecule has 6 rings (SSSR count). The van der Waals surface area contributed by atoms with E-state index in [-0.39, 0.29) is 28.2 Å². The van der Waals surface area contributed by atoms with Crippen molar-refractivity contribution in [2.75, 3.05) is 13.2 Å². The molecule has 0 saturated heterocycles. The fraction of sp³-hybridized carbons (Fsp3) is 0.720. The van der Waals surface area contributed by atoms with Gasteiger partial charge in [0.1, 0.15) is 19.3 Å². The van der Waals surface area contributed by atoms with Crippen LogP contribution in [-0.4, -0.2) is 39.6 Å². The van der Waals surface area contributed by atoms with Gasteiger partial charge in [-0.25, -0.2) is 8.42 Å². The van der Waals surface area contributed by atoms with Crippen LogP contribution >= 0.6 is 0 Å². The Bertz CT molecular complexity index is 986. The van der Waals surface area contributed by atoms with E-state index in [1.165, 1.54) is 50.7 Å². The zero-order valence-corrected chi connectivity index (χ0v) is 20.6. The Kier molecular flexibility index (Phi) is 5.88. The lowest BCUT2D eigenvalue weighted by Gasteiger charge is -2.59. The van der Waals surface area contributed by atoms with Gasteiger partial charge in [0, 0.05) is 12.1 Å². The molecular weight excluding hydrogens is 440 g/mol. The molecule has 1 aromatic rings. The van der Waals surface area contributed by atoms with Crippen LogP contribution in [0.5, 0.6) is 11.5 Å². The van der Waals surface area contributed by atoms with E-state index in [9.17, 15) is 13.2 Å². The average Bonchev–Trinajstić information content (AvgIpc) is 2.76. The summed E-state index contributed by atoms with van der Waals surface area (Å²) in [5.41, 5.74) is 0.167. The lowest BCUT2D eigenvalue weighted by molar-refractivity contribution is -0.128. The Hall–Kier alpha value is -1.80. The Balaban J connectivity index is 1.30. The van der Waals surface area contributed by atoms with Gasteiger partial charge in [0.2, 0.25) is 15.9 Å². The van der Waals surface area contributed by atoms with Gasteiger partial charge in [-0.2, -0.15) is 4.72 Å². The first kappa shape index (κ1) is 23.0. The predicted molar refractivity (Wildman–Crippen MR) is 125 cm³/mol. The number of amides is 1. The molecule has 2 atom stereocenters. The largest absolute Gasteiger partial charge is 0.486 e. The van der Waals surface area contributed by atoms with E-state index >= 15 is 0 Å². The van der Waals surface area contributed by atoms with Crippen LogP contribution in [0, 0.1) is 29.1 Å². The van der Waals surface area contributed by atoms with E-state index in [0.717, 1.165) is 17.8 Å². The molecule has 1 aromatic carbocycles. The highest BCUT2D eigenvalue weighted by molar-refractivity contribution is 7.89. The number of ether oxygens (including phenoxy) is 2. The highest BCUT2D eigenvalue weighted by Crippen LogP contribution is 2.61. The summed E-state index contributed by atoms with van der Waals surface area (Å²) >= 11 is 0. The number of hydrogen-bond donors (Lipinski definition) is 2. The second-order valence-electron chi connectivity index (χ2n) is 11.2. The second-order valence-corrected chi connectivity index (χ2v) is 12.9. The summed E-state index contributed by atoms with van der Waals surface area (Å²) in [4.78, 5) is 13.4. The SMILES string of the molecule is CC(C)[C@H](NS(=O)(=O)c1ccc2c(c1)OCCO2)C(=O)N[C@@H](C)C12CC3CC(CC(C3)C1)C2. The molecule has 0 unspecified atom stereocenters. The van der Waals surface area contributed by atoms with E-state index in [1.54, 1.807) is 6.07 Å². The van der Waals surface area contributed by atoms with Crippen molar-refractivity contribution in [3.8, 4) is 11.5 Å². The van der Waals surface area contributed by atoms with Gasteiger partial charge in [-0.3, -0.25) is 4.79 Å². The molecule has 1 aliphatic heterocycles. The molecule has 4 bridgehead atoms. The van der Waals surface area contributed by atoms with Crippen molar-refractivity contribution in [1.29, 1.82) is 0 Å². The van der Waals surface area contributed by atoms with Crippen LogP contribution in [0.3, 0.4) is 0 Å². The zero-order chi connectivity index (χ0) is 23.4. The van der Waals surface area contributed by atoms with Crippen molar-refractivity contribution < 1.29 is 22.7 Å². The molecule has 2 N–H and O–H groups in total. The third-order valence-corrected chi connectivity index (χ3v) is 9.86. The monoisotopic (exact) mass is 476 g/mol. The van der Waals surface area contributed by atoms with Crippen molar-refractivity contribution in [3.63, 3.8) is 0 Å². The molecule has 0 spiro atoms. The van der Waals surface area contributed by atoms with Crippen LogP contribution in [0.4, 0.5) is 0 Å². The maximum Gasteiger partial charge on any atom is 0.241 e. The fourth-order valence-corrected chi connectivity index (χ4v) is 8.44. The van der Waals surface area contributed by atoms with Gasteiger partial charge in [-0.15, -0.1) is 0 Å². The lowest BCUT2D eigenvalue weighted by atomic mass is 9.48. The number of benzene rings is 1. The first-order valence-electron chi connectivity index (χ1n) is 12.4. The Morgan fingerprint density at radius 1 is 0.970 bits per heavy atom. The van der Waals surface area contributed by atoms with Crippen LogP contribution in [0.1, 0.15) is 59.3 Å². The molecule has 4 aliphatic carbocycles. The maximum absolute atomic E-state index is 13.3. The quantitative estimate of drug-likeness (QED) is 0.628. The Morgan fingerprint density at radius 2 is 1.55 bits per heavy atom. The van der Waals surface area contributed by atoms with Gasteiger partial charge in [-0.1, -0.05) is 13.8 Å². The van der Waals surface area contributed by atoms with Crippen molar-refractivity contribution in [3.05, 3.63) is 18.2 Å². The number of hydrogen-bond acceptors (Lipinski definition) is 5. The van der Waals surface area contributed by atoms with Gasteiger partial charge in [0.15, 0.2) is 11.5 Å². The predicted octanol–water partition coefficient (Wildman–Crippen LogP) is 3.48. The van der Waals surface area contributed by atoms with E-state index < -0.39 is 16.1 Å². The van der Waals surface area contributed by atoms with Gasteiger partial charge in [0.05, 0.1) is 4.90 Å². The molecule has 33 heavy (non-hydrogen) atoms. The molecular formula is C25H36N2O5S. The first-order chi connectivity index (χ1) is 15.6. The molecule has 7 nitrogen and oxygen atoms in total. The minimum Gasteiger partial charge on any atom is -0.486 e. The number of carbonyl (C=O) groups is 1. The van der Waals surface area contributed by atoms with Gasteiger partial charge in [0.25, 0.3) is 0 Å². The van der Waals surface area contributed by atoms with Crippen molar-refractivity contribution in [2.45, 2.75) is 76.3 Å². The second kappa shape index (κ2) is 8.45. The molecule has 182 valence electrons. The standard InChI is InChI=1S/C25H36N2O5S/c1-15(2)23(27-33(29,30)20-4-5-21-22(11-20)32-7-6-31-21)24(28)26-16(3)25-12-17-8-18(13-25)10-19(9-17)14-25/h4-5,11,15-19,23,27H,6-10,12-14H2,1-3H3,(H,26,28)/t16-,17?,18?,19?,23-,25?/m0/s1. The average molecular weight is 477 g/mol. The summed E-state index contributed by atoms with van der Waals surface area (Å²) < 4.78 is 40.0. The topological polar surface area (TPSA) is 93.7 Å². The third-order valence-electron chi connectivity index (χ3n) is 8.42. The Labute approximate surface area is 197 Å². The van der Waals surface area contributed by atoms with Gasteiger partial charge >= 0.3 is 0 Å². The normalized spacial score (nSPS) is 31.9. The molecule has 0 aromatic heterocycles. The van der Waals surface area contributed by atoms with E-state index in [1.807, 2.05) is 13.8 Å². The molecule has 8 heteroatoms. The fourth-order valence-electron chi connectivity index (χ4n) is 7.08. The van der Waals surface area contributed by atoms with E-state index in [4.69, 9.17) is 9.47 Å². The molecule has 1 amide bonds. The maximum atomic E-state index is 13.3. The molecule has 0 radical (unpaired) electrons. The molecule has 5 aliphatic rings. The van der Waals surface area contributed by atoms with Gasteiger partial charge < -0.3 is 14.8 Å². The summed E-state index contributed by atoms with van der Waals surface area (Å²) in [6.45, 7) is 6.67. The molecule has 4 fully saturated rings. The minimum atomic E-state index is -3.91. The number of carbonyl (C=O) groups excluding carboxylic acids is 1. The van der Waals surface area contributed by atoms with Crippen molar-refractivity contribution in [2.24, 2.45) is 29.1 Å². The Morgan fingerprint density at radius 3 is 2.12 bits per heavy atom. The number of sulfonamides is 1. The van der Waals surface area contributed by atoms with Crippen molar-refractivity contribution in [1.82, 2.24) is 10.0 Å². The van der Waals surface area contributed by atoms with Crippen LogP contribution in [-0.2, 0) is 14.8 Å². The first-order valence-corrected chi connectivity index (χ1v) is 13.9. The summed E-state index contributed by atoms with van der Waals surface area (Å²) in [5, 5.41) is 3.23. The summed E-state index contributed by atoms with van der Waals surface area (Å²) in [6, 6.07) is 3.74. The van der Waals surface area contributed by atoms with Gasteiger partial charge in [-0.05, 0) is 86.7 Å². The number of nitrogens with one attached hydrogen (secondary N) is 2. The highest BCUT2D eigenvalue weighted by Gasteiger charge is 2.53. The van der Waals surface area contributed by atoms with E-state index in [2.05, 4.69) is 17.0 Å². The number of rotatable bonds is 7. The van der Waals surface area contributed by atoms with Crippen LogP contribution in [0.2, 0.25) is 0 Å². The molecule has 1 heterocycles. The van der Waals surface area contributed by atoms with E-state index in [0.29, 0.717) is 24.7 Å². The third kappa shape index (κ3) is 4.36. The van der Waals surface area contributed by atoms with Crippen LogP contribution in [0.15, 0.2) is 23.1 Å². The van der Waals surface area contributed by atoms with Crippen LogP contribution < -0.4 is 19.5 Å². The smallest absolute Gasteiger partial charge is 0.241 e. The zero-order valence-electron chi connectivity index (χ0n) is 19.8. The summed E-state index contributed by atoms with van der Waals surface area (Å²) in [6.07, 6.45) is 7.62. The minimum absolute atomic E-state index is 0.0402. The van der Waals surface area contributed by atoms with Crippen molar-refractivity contribution >= 4 is 15.9 Å². The van der Waals surface area contributed by atoms with Crippen LogP contribution in [0.25, 0.3) is 0 Å². The summed E-state index contributed by atoms with van der Waals surface area (Å²) in [5.74, 6) is 2.89. The summed E-state index contributed by atoms with van der Waals surface area (Å²) in [7, 11) is -3.91. The molecule has 4 saturated carbocycles. The lowest BCUT2D eigenvalue weighted by Crippen LogP contribution is -2.59. The highest BCUT2D eigenvalue weighted by atomic mass is 32.2.